The summed E-state index contributed by atoms with van der Waals surface area (Å²) >= 11 is 0. The molecule has 2 amide bonds. The number of carbonyl (C=O) groups is 2. The van der Waals surface area contributed by atoms with Gasteiger partial charge in [-0.3, -0.25) is 9.59 Å². The van der Waals surface area contributed by atoms with E-state index >= 15 is 0 Å². The van der Waals surface area contributed by atoms with Crippen LogP contribution in [-0.2, 0) is 19.6 Å². The van der Waals surface area contributed by atoms with Crippen LogP contribution < -0.4 is 16.0 Å². The van der Waals surface area contributed by atoms with Crippen molar-refractivity contribution < 1.29 is 18.0 Å². The third-order valence-corrected chi connectivity index (χ3v) is 6.11. The summed E-state index contributed by atoms with van der Waals surface area (Å²) < 4.78 is 25.3. The highest BCUT2D eigenvalue weighted by Crippen LogP contribution is 2.23. The molecule has 0 bridgehead atoms. The summed E-state index contributed by atoms with van der Waals surface area (Å²) in [6, 6.07) is 11.4. The fourth-order valence-corrected chi connectivity index (χ4v) is 3.40. The molecule has 0 aliphatic carbocycles. The van der Waals surface area contributed by atoms with Crippen LogP contribution in [0, 0.1) is 6.92 Å². The molecule has 2 rings (SSSR count). The number of rotatable bonds is 8. The highest BCUT2D eigenvalue weighted by molar-refractivity contribution is 7.89. The molecule has 0 heterocycles. The number of carbonyl (C=O) groups excluding carboxylic acids is 2. The molecule has 0 unspecified atom stereocenters. The molecule has 0 atom stereocenters. The molecule has 0 saturated heterocycles. The molecule has 0 aromatic heterocycles. The van der Waals surface area contributed by atoms with Gasteiger partial charge in [0.05, 0.1) is 11.4 Å². The van der Waals surface area contributed by atoms with Crippen LogP contribution in [0.25, 0.3) is 0 Å². The van der Waals surface area contributed by atoms with Gasteiger partial charge in [-0.05, 0) is 48.9 Å². The van der Waals surface area contributed by atoms with Crippen molar-refractivity contribution in [1.29, 1.82) is 0 Å². The lowest BCUT2D eigenvalue weighted by atomic mass is 10.1. The van der Waals surface area contributed by atoms with Crippen LogP contribution in [0.4, 0.5) is 17.1 Å². The molecular formula is C20H26N4O4S. The van der Waals surface area contributed by atoms with E-state index in [2.05, 4.69) is 16.0 Å². The van der Waals surface area contributed by atoms with Gasteiger partial charge in [-0.15, -0.1) is 0 Å². The van der Waals surface area contributed by atoms with Crippen LogP contribution in [0.2, 0.25) is 0 Å². The van der Waals surface area contributed by atoms with Crippen molar-refractivity contribution in [2.45, 2.75) is 25.2 Å². The number of hydrogen-bond acceptors (Lipinski definition) is 5. The van der Waals surface area contributed by atoms with E-state index in [4.69, 9.17) is 0 Å². The van der Waals surface area contributed by atoms with Crippen LogP contribution in [0.1, 0.15) is 18.9 Å². The number of hydrogen-bond donors (Lipinski definition) is 3. The first kappa shape index (κ1) is 22.4. The van der Waals surface area contributed by atoms with Crippen LogP contribution in [-0.4, -0.2) is 45.2 Å². The number of nitrogens with zero attached hydrogens (tertiary/aromatic N) is 1. The van der Waals surface area contributed by atoms with Gasteiger partial charge in [-0.1, -0.05) is 13.0 Å². The van der Waals surface area contributed by atoms with E-state index in [-0.39, 0.29) is 23.3 Å². The zero-order valence-electron chi connectivity index (χ0n) is 16.9. The molecule has 0 radical (unpaired) electrons. The number of anilines is 3. The molecular weight excluding hydrogens is 392 g/mol. The maximum atomic E-state index is 12.2. The molecule has 29 heavy (non-hydrogen) atoms. The second-order valence-corrected chi connectivity index (χ2v) is 8.75. The zero-order valence-corrected chi connectivity index (χ0v) is 17.8. The first-order chi connectivity index (χ1) is 13.6. The molecule has 2 aromatic rings. The summed E-state index contributed by atoms with van der Waals surface area (Å²) in [5.74, 6) is -0.363. The molecule has 3 N–H and O–H groups in total. The molecule has 8 nitrogen and oxygen atoms in total. The summed E-state index contributed by atoms with van der Waals surface area (Å²) in [5.41, 5.74) is 2.76. The number of nitrogens with one attached hydrogen (secondary N) is 3. The van der Waals surface area contributed by atoms with Crippen molar-refractivity contribution in [3.63, 3.8) is 0 Å². The van der Waals surface area contributed by atoms with E-state index in [0.717, 1.165) is 15.6 Å². The van der Waals surface area contributed by atoms with Gasteiger partial charge in [0.1, 0.15) is 0 Å². The van der Waals surface area contributed by atoms with Crippen LogP contribution >= 0.6 is 0 Å². The molecule has 0 aliphatic rings. The minimum Gasteiger partial charge on any atom is -0.376 e. The fraction of sp³-hybridized carbons (Fsp3) is 0.300. The Morgan fingerprint density at radius 1 is 0.931 bits per heavy atom. The summed E-state index contributed by atoms with van der Waals surface area (Å²) in [5, 5.41) is 8.59. The highest BCUT2D eigenvalue weighted by Gasteiger charge is 2.16. The van der Waals surface area contributed by atoms with Gasteiger partial charge in [-0.2, -0.15) is 0 Å². The Morgan fingerprint density at radius 2 is 1.55 bits per heavy atom. The normalized spacial score (nSPS) is 11.2. The topological polar surface area (TPSA) is 108 Å². The summed E-state index contributed by atoms with van der Waals surface area (Å²) in [6.45, 7) is 3.65. The Bertz CT molecular complexity index is 986. The number of amides is 2. The van der Waals surface area contributed by atoms with E-state index in [1.807, 2.05) is 13.0 Å². The van der Waals surface area contributed by atoms with Gasteiger partial charge in [0.15, 0.2) is 0 Å². The third-order valence-electron chi connectivity index (χ3n) is 4.29. The van der Waals surface area contributed by atoms with Crippen LogP contribution in [0.3, 0.4) is 0 Å². The van der Waals surface area contributed by atoms with Gasteiger partial charge < -0.3 is 16.0 Å². The largest absolute Gasteiger partial charge is 0.376 e. The Hall–Kier alpha value is -2.91. The minimum absolute atomic E-state index is 0.0176. The van der Waals surface area contributed by atoms with Crippen LogP contribution in [0.15, 0.2) is 47.4 Å². The minimum atomic E-state index is -3.51. The van der Waals surface area contributed by atoms with Gasteiger partial charge >= 0.3 is 0 Å². The smallest absolute Gasteiger partial charge is 0.243 e. The summed E-state index contributed by atoms with van der Waals surface area (Å²) in [4.78, 5) is 24.0. The average Bonchev–Trinajstić information content (AvgIpc) is 2.68. The third kappa shape index (κ3) is 5.78. The molecule has 9 heteroatoms. The van der Waals surface area contributed by atoms with E-state index in [0.29, 0.717) is 17.8 Å². The maximum Gasteiger partial charge on any atom is 0.243 e. The fourth-order valence-electron chi connectivity index (χ4n) is 2.50. The molecule has 0 saturated carbocycles. The molecule has 156 valence electrons. The van der Waals surface area contributed by atoms with Gasteiger partial charge in [0.2, 0.25) is 21.8 Å². The second kappa shape index (κ2) is 9.53. The maximum absolute atomic E-state index is 12.2. The first-order valence-corrected chi connectivity index (χ1v) is 10.5. The monoisotopic (exact) mass is 418 g/mol. The first-order valence-electron chi connectivity index (χ1n) is 9.11. The van der Waals surface area contributed by atoms with Crippen molar-refractivity contribution in [3.8, 4) is 0 Å². The van der Waals surface area contributed by atoms with Crippen LogP contribution in [0.5, 0.6) is 0 Å². The lowest BCUT2D eigenvalue weighted by Gasteiger charge is -2.14. The van der Waals surface area contributed by atoms with E-state index in [9.17, 15) is 18.0 Å². The van der Waals surface area contributed by atoms with E-state index < -0.39 is 10.0 Å². The quantitative estimate of drug-likeness (QED) is 0.611. The van der Waals surface area contributed by atoms with Gasteiger partial charge in [-0.25, -0.2) is 12.7 Å². The summed E-state index contributed by atoms with van der Waals surface area (Å²) in [7, 11) is -0.590. The predicted octanol–water partition coefficient (Wildman–Crippen LogP) is 2.64. The highest BCUT2D eigenvalue weighted by atomic mass is 32.2. The number of benzene rings is 2. The predicted molar refractivity (Wildman–Crippen MR) is 115 cm³/mol. The van der Waals surface area contributed by atoms with Gasteiger partial charge in [0.25, 0.3) is 0 Å². The second-order valence-electron chi connectivity index (χ2n) is 6.59. The standard InChI is InChI=1S/C20H26N4O4S/c1-5-19(25)23-18-8-6-7-17(14(18)2)21-13-20(26)22-15-9-11-16(12-10-15)29(27,28)24(3)4/h6-12,21H,5,13H2,1-4H3,(H,22,26)(H,23,25). The Kier molecular flexibility index (Phi) is 7.35. The van der Waals surface area contributed by atoms with E-state index in [1.165, 1.54) is 26.2 Å². The van der Waals surface area contributed by atoms with Crippen molar-refractivity contribution in [3.05, 3.63) is 48.0 Å². The van der Waals surface area contributed by atoms with Gasteiger partial charge in [0, 0.05) is 37.6 Å². The molecule has 2 aromatic carbocycles. The van der Waals surface area contributed by atoms with Crippen molar-refractivity contribution >= 4 is 38.9 Å². The van der Waals surface area contributed by atoms with Crippen molar-refractivity contribution in [2.75, 3.05) is 36.6 Å². The Labute approximate surface area is 171 Å². The SMILES string of the molecule is CCC(=O)Nc1cccc(NCC(=O)Nc2ccc(S(=O)(=O)N(C)C)cc2)c1C. The zero-order chi connectivity index (χ0) is 21.6. The number of sulfonamides is 1. The summed E-state index contributed by atoms with van der Waals surface area (Å²) in [6.07, 6.45) is 0.383. The lowest BCUT2D eigenvalue weighted by molar-refractivity contribution is -0.116. The Morgan fingerprint density at radius 3 is 2.14 bits per heavy atom. The Balaban J connectivity index is 1.99. The van der Waals surface area contributed by atoms with Crippen molar-refractivity contribution in [2.24, 2.45) is 0 Å². The molecule has 0 fully saturated rings. The average molecular weight is 419 g/mol. The molecule has 0 spiro atoms. The molecule has 0 aliphatic heterocycles. The lowest BCUT2D eigenvalue weighted by Crippen LogP contribution is -2.23. The van der Waals surface area contributed by atoms with E-state index in [1.54, 1.807) is 31.2 Å². The van der Waals surface area contributed by atoms with Crippen molar-refractivity contribution in [1.82, 2.24) is 4.31 Å².